The fourth-order valence-electron chi connectivity index (χ4n) is 1.02. The first-order chi connectivity index (χ1) is 6.24. The highest BCUT2D eigenvalue weighted by atomic mass is 19.1. The first-order valence-corrected chi connectivity index (χ1v) is 3.93. The van der Waals surface area contributed by atoms with Crippen LogP contribution in [0.25, 0.3) is 0 Å². The van der Waals surface area contributed by atoms with Gasteiger partial charge in [0.2, 0.25) is 0 Å². The van der Waals surface area contributed by atoms with E-state index < -0.39 is 5.82 Å². The van der Waals surface area contributed by atoms with Gasteiger partial charge in [0, 0.05) is 6.42 Å². The molecule has 0 bridgehead atoms. The Balaban J connectivity index is 2.68. The summed E-state index contributed by atoms with van der Waals surface area (Å²) in [7, 11) is 0. The van der Waals surface area contributed by atoms with E-state index in [2.05, 4.69) is 0 Å². The first kappa shape index (κ1) is 9.58. The van der Waals surface area contributed by atoms with Crippen LogP contribution in [0, 0.1) is 5.82 Å². The van der Waals surface area contributed by atoms with Crippen LogP contribution in [0.2, 0.25) is 0 Å². The van der Waals surface area contributed by atoms with Crippen LogP contribution in [-0.4, -0.2) is 12.1 Å². The number of rotatable bonds is 4. The summed E-state index contributed by atoms with van der Waals surface area (Å²) in [4.78, 5) is 20.9. The van der Waals surface area contributed by atoms with Crippen molar-refractivity contribution in [2.24, 2.45) is 0 Å². The van der Waals surface area contributed by atoms with Gasteiger partial charge < -0.3 is 4.79 Å². The number of halogens is 1. The zero-order valence-corrected chi connectivity index (χ0v) is 7.00. The minimum atomic E-state index is -0.401. The number of Topliss-reactive ketones (excluding diaryl/α,β-unsaturated/α-hetero) is 1. The molecule has 3 heteroatoms. The molecule has 0 aromatic heterocycles. The number of aldehydes is 1. The van der Waals surface area contributed by atoms with E-state index in [1.54, 1.807) is 12.1 Å². The quantitative estimate of drug-likeness (QED) is 0.520. The second-order valence-electron chi connectivity index (χ2n) is 2.68. The molecule has 0 aliphatic heterocycles. The van der Waals surface area contributed by atoms with E-state index in [-0.39, 0.29) is 18.6 Å². The summed E-state index contributed by atoms with van der Waals surface area (Å²) in [5.74, 6) is -0.665. The van der Waals surface area contributed by atoms with Crippen molar-refractivity contribution >= 4 is 12.1 Å². The van der Waals surface area contributed by atoms with E-state index >= 15 is 0 Å². The summed E-state index contributed by atoms with van der Waals surface area (Å²) in [5, 5.41) is 0. The molecule has 1 aromatic rings. The smallest absolute Gasteiger partial charge is 0.144 e. The van der Waals surface area contributed by atoms with Crippen LogP contribution in [0.5, 0.6) is 0 Å². The molecule has 0 unspecified atom stereocenters. The third-order valence-corrected chi connectivity index (χ3v) is 1.66. The predicted molar refractivity (Wildman–Crippen MR) is 45.8 cm³/mol. The van der Waals surface area contributed by atoms with Crippen molar-refractivity contribution in [1.29, 1.82) is 0 Å². The van der Waals surface area contributed by atoms with Crippen LogP contribution in [0.4, 0.5) is 4.39 Å². The molecule has 0 N–H and O–H groups in total. The van der Waals surface area contributed by atoms with Crippen molar-refractivity contribution < 1.29 is 14.0 Å². The molecule has 0 spiro atoms. The van der Waals surface area contributed by atoms with Crippen molar-refractivity contribution in [3.8, 4) is 0 Å². The Bertz CT molecular complexity index is 320. The molecule has 13 heavy (non-hydrogen) atoms. The van der Waals surface area contributed by atoms with Gasteiger partial charge in [0.05, 0.1) is 6.42 Å². The summed E-state index contributed by atoms with van der Waals surface area (Å²) in [6, 6.07) is 6.05. The van der Waals surface area contributed by atoms with E-state index in [1.165, 1.54) is 12.1 Å². The molecular formula is C10H9FO2. The van der Waals surface area contributed by atoms with Crippen molar-refractivity contribution in [3.63, 3.8) is 0 Å². The topological polar surface area (TPSA) is 34.1 Å². The van der Waals surface area contributed by atoms with Gasteiger partial charge in [-0.25, -0.2) is 4.39 Å². The summed E-state index contributed by atoms with van der Waals surface area (Å²) >= 11 is 0. The van der Waals surface area contributed by atoms with E-state index in [4.69, 9.17) is 0 Å². The van der Waals surface area contributed by atoms with Gasteiger partial charge in [-0.2, -0.15) is 0 Å². The predicted octanol–water partition coefficient (Wildman–Crippen LogP) is 1.53. The van der Waals surface area contributed by atoms with E-state index in [0.29, 0.717) is 11.8 Å². The molecule has 68 valence electrons. The lowest BCUT2D eigenvalue weighted by molar-refractivity contribution is -0.121. The lowest BCUT2D eigenvalue weighted by atomic mass is 10.1. The van der Waals surface area contributed by atoms with E-state index in [0.717, 1.165) is 0 Å². The Labute approximate surface area is 75.4 Å². The molecule has 0 saturated carbocycles. The van der Waals surface area contributed by atoms with Gasteiger partial charge in [-0.3, -0.25) is 4.79 Å². The van der Waals surface area contributed by atoms with Crippen LogP contribution < -0.4 is 0 Å². The minimum Gasteiger partial charge on any atom is -0.303 e. The van der Waals surface area contributed by atoms with Crippen LogP contribution in [0.1, 0.15) is 12.0 Å². The third-order valence-electron chi connectivity index (χ3n) is 1.66. The molecule has 0 atom stereocenters. The zero-order chi connectivity index (χ0) is 9.68. The van der Waals surface area contributed by atoms with Crippen molar-refractivity contribution in [3.05, 3.63) is 35.6 Å². The molecule has 2 nitrogen and oxygen atoms in total. The molecule has 1 rings (SSSR count). The lowest BCUT2D eigenvalue weighted by Gasteiger charge is -1.99. The maximum absolute atomic E-state index is 12.9. The number of hydrogen-bond acceptors (Lipinski definition) is 2. The Hall–Kier alpha value is -1.51. The molecule has 0 saturated heterocycles. The number of ketones is 1. The van der Waals surface area contributed by atoms with Crippen molar-refractivity contribution in [2.45, 2.75) is 12.8 Å². The summed E-state index contributed by atoms with van der Waals surface area (Å²) < 4.78 is 12.9. The first-order valence-electron chi connectivity index (χ1n) is 3.93. The monoisotopic (exact) mass is 180 g/mol. The summed E-state index contributed by atoms with van der Waals surface area (Å²) in [6.07, 6.45) is 0.378. The number of carbonyl (C=O) groups excluding carboxylic acids is 2. The molecule has 0 heterocycles. The number of hydrogen-bond donors (Lipinski definition) is 0. The van der Waals surface area contributed by atoms with E-state index in [9.17, 15) is 14.0 Å². The Kier molecular flexibility index (Phi) is 3.31. The molecule has 0 aliphatic rings. The Morgan fingerprint density at radius 1 is 1.38 bits per heavy atom. The average Bonchev–Trinajstić information content (AvgIpc) is 2.09. The minimum absolute atomic E-state index is 0.00852. The van der Waals surface area contributed by atoms with Gasteiger partial charge >= 0.3 is 0 Å². The fourth-order valence-corrected chi connectivity index (χ4v) is 1.02. The van der Waals surface area contributed by atoms with Crippen molar-refractivity contribution in [1.82, 2.24) is 0 Å². The fraction of sp³-hybridized carbons (Fsp3) is 0.200. The molecule has 0 amide bonds. The van der Waals surface area contributed by atoms with Gasteiger partial charge in [0.15, 0.2) is 0 Å². The average molecular weight is 180 g/mol. The van der Waals surface area contributed by atoms with Crippen LogP contribution in [0.3, 0.4) is 0 Å². The maximum atomic E-state index is 12.9. The summed E-state index contributed by atoms with van der Waals surface area (Å²) in [5.41, 5.74) is 0.342. The second-order valence-corrected chi connectivity index (χ2v) is 2.68. The highest BCUT2D eigenvalue weighted by Crippen LogP contribution is 2.07. The van der Waals surface area contributed by atoms with Gasteiger partial charge in [-0.15, -0.1) is 0 Å². The highest BCUT2D eigenvalue weighted by Gasteiger charge is 2.06. The van der Waals surface area contributed by atoms with Crippen LogP contribution >= 0.6 is 0 Å². The third kappa shape index (κ3) is 2.78. The maximum Gasteiger partial charge on any atom is 0.144 e. The van der Waals surface area contributed by atoms with Crippen molar-refractivity contribution in [2.75, 3.05) is 0 Å². The normalized spacial score (nSPS) is 9.62. The largest absolute Gasteiger partial charge is 0.303 e. The second kappa shape index (κ2) is 4.50. The van der Waals surface area contributed by atoms with Gasteiger partial charge in [-0.05, 0) is 11.6 Å². The molecule has 0 aliphatic carbocycles. The lowest BCUT2D eigenvalue weighted by Crippen LogP contribution is -2.04. The SMILES string of the molecule is O=CCC(=O)Cc1ccccc1F. The number of benzene rings is 1. The van der Waals surface area contributed by atoms with Gasteiger partial charge in [0.1, 0.15) is 17.9 Å². The molecule has 1 aromatic carbocycles. The molecule has 0 radical (unpaired) electrons. The zero-order valence-electron chi connectivity index (χ0n) is 7.00. The van der Waals surface area contributed by atoms with Gasteiger partial charge in [-0.1, -0.05) is 18.2 Å². The van der Waals surface area contributed by atoms with Crippen LogP contribution in [-0.2, 0) is 16.0 Å². The standard InChI is InChI=1S/C10H9FO2/c11-10-4-2-1-3-8(10)7-9(13)5-6-12/h1-4,6H,5,7H2. The van der Waals surface area contributed by atoms with Crippen LogP contribution in [0.15, 0.2) is 24.3 Å². The van der Waals surface area contributed by atoms with E-state index in [1.807, 2.05) is 0 Å². The molecule has 0 fully saturated rings. The molecular weight excluding hydrogens is 171 g/mol. The number of carbonyl (C=O) groups is 2. The Morgan fingerprint density at radius 2 is 2.08 bits per heavy atom. The summed E-state index contributed by atoms with van der Waals surface area (Å²) in [6.45, 7) is 0. The van der Waals surface area contributed by atoms with Gasteiger partial charge in [0.25, 0.3) is 0 Å². The Morgan fingerprint density at radius 3 is 2.69 bits per heavy atom. The highest BCUT2D eigenvalue weighted by molar-refractivity contribution is 5.91.